The predicted octanol–water partition coefficient (Wildman–Crippen LogP) is 0.178. The molecule has 0 aliphatic rings. The van der Waals surface area contributed by atoms with Crippen LogP contribution in [0.15, 0.2) is 17.1 Å². The van der Waals surface area contributed by atoms with Crippen molar-refractivity contribution in [2.45, 2.75) is 6.42 Å². The molecule has 3 N–H and O–H groups in total. The zero-order valence-corrected chi connectivity index (χ0v) is 6.99. The van der Waals surface area contributed by atoms with E-state index in [2.05, 4.69) is 20.0 Å². The molecule has 0 aromatic carbocycles. The number of aliphatic hydroxyl groups excluding tert-OH is 1. The van der Waals surface area contributed by atoms with Crippen LogP contribution < -0.4 is 10.6 Å². The van der Waals surface area contributed by atoms with Gasteiger partial charge >= 0.3 is 6.03 Å². The Morgan fingerprint density at radius 3 is 3.15 bits per heavy atom. The van der Waals surface area contributed by atoms with Crippen LogP contribution in [0.4, 0.5) is 10.6 Å². The maximum absolute atomic E-state index is 11.0. The number of aromatic nitrogens is 1. The van der Waals surface area contributed by atoms with Crippen molar-refractivity contribution in [2.75, 3.05) is 18.5 Å². The van der Waals surface area contributed by atoms with Gasteiger partial charge in [0.05, 0.1) is 0 Å². The Kier molecular flexibility index (Phi) is 3.77. The number of amides is 2. The predicted molar refractivity (Wildman–Crippen MR) is 45.2 cm³/mol. The second kappa shape index (κ2) is 5.15. The van der Waals surface area contributed by atoms with Crippen molar-refractivity contribution in [3.63, 3.8) is 0 Å². The lowest BCUT2D eigenvalue weighted by Gasteiger charge is -2.02. The number of oxazole rings is 1. The third kappa shape index (κ3) is 3.57. The molecule has 0 saturated heterocycles. The highest BCUT2D eigenvalue weighted by molar-refractivity contribution is 5.87. The lowest BCUT2D eigenvalue weighted by atomic mass is 10.4. The molecule has 0 fully saturated rings. The molecular formula is C7H11N3O3. The number of anilines is 1. The van der Waals surface area contributed by atoms with Gasteiger partial charge in [0.25, 0.3) is 0 Å². The van der Waals surface area contributed by atoms with Gasteiger partial charge in [-0.15, -0.1) is 0 Å². The van der Waals surface area contributed by atoms with Crippen LogP contribution in [-0.2, 0) is 0 Å². The van der Waals surface area contributed by atoms with E-state index in [1.54, 1.807) is 0 Å². The summed E-state index contributed by atoms with van der Waals surface area (Å²) in [6.45, 7) is 0.491. The standard InChI is InChI=1S/C7H11N3O3/c11-3-1-2-8-7(12)10-6-4-13-5-9-6/h4-5,11H,1-3H2,(H2,8,10,12). The minimum absolute atomic E-state index is 0.0598. The molecule has 1 rings (SSSR count). The first-order valence-electron chi connectivity index (χ1n) is 3.87. The Balaban J connectivity index is 2.18. The molecule has 0 radical (unpaired) electrons. The highest BCUT2D eigenvalue weighted by atomic mass is 16.3. The first-order chi connectivity index (χ1) is 6.33. The number of hydrogen-bond acceptors (Lipinski definition) is 4. The van der Waals surface area contributed by atoms with Gasteiger partial charge in [-0.25, -0.2) is 4.79 Å². The molecular weight excluding hydrogens is 174 g/mol. The Bertz CT molecular complexity index is 247. The number of aliphatic hydroxyl groups is 1. The first kappa shape index (κ1) is 9.53. The highest BCUT2D eigenvalue weighted by Crippen LogP contribution is 1.99. The lowest BCUT2D eigenvalue weighted by molar-refractivity contribution is 0.248. The van der Waals surface area contributed by atoms with Crippen LogP contribution in [0.25, 0.3) is 0 Å². The number of urea groups is 1. The van der Waals surface area contributed by atoms with E-state index in [0.717, 1.165) is 0 Å². The van der Waals surface area contributed by atoms with Gasteiger partial charge in [0.15, 0.2) is 12.2 Å². The van der Waals surface area contributed by atoms with Gasteiger partial charge in [-0.05, 0) is 6.42 Å². The molecule has 0 bridgehead atoms. The topological polar surface area (TPSA) is 87.4 Å². The molecule has 0 atom stereocenters. The van der Waals surface area contributed by atoms with Crippen molar-refractivity contribution in [1.29, 1.82) is 0 Å². The highest BCUT2D eigenvalue weighted by Gasteiger charge is 2.01. The van der Waals surface area contributed by atoms with Crippen molar-refractivity contribution in [3.8, 4) is 0 Å². The Morgan fingerprint density at radius 2 is 2.54 bits per heavy atom. The third-order valence-electron chi connectivity index (χ3n) is 1.29. The number of rotatable bonds is 4. The second-order valence-electron chi connectivity index (χ2n) is 2.33. The van der Waals surface area contributed by atoms with Crippen LogP contribution in [0.5, 0.6) is 0 Å². The van der Waals surface area contributed by atoms with E-state index >= 15 is 0 Å². The summed E-state index contributed by atoms with van der Waals surface area (Å²) >= 11 is 0. The van der Waals surface area contributed by atoms with Crippen molar-refractivity contribution in [3.05, 3.63) is 12.7 Å². The Hall–Kier alpha value is -1.56. The van der Waals surface area contributed by atoms with E-state index in [9.17, 15) is 4.79 Å². The van der Waals surface area contributed by atoms with Crippen LogP contribution >= 0.6 is 0 Å². The zero-order chi connectivity index (χ0) is 9.52. The molecule has 13 heavy (non-hydrogen) atoms. The number of hydrogen-bond donors (Lipinski definition) is 3. The summed E-state index contributed by atoms with van der Waals surface area (Å²) in [6.07, 6.45) is 3.08. The van der Waals surface area contributed by atoms with E-state index < -0.39 is 0 Å². The fourth-order valence-electron chi connectivity index (χ4n) is 0.716. The largest absolute Gasteiger partial charge is 0.449 e. The van der Waals surface area contributed by atoms with Gasteiger partial charge in [-0.3, -0.25) is 5.32 Å². The van der Waals surface area contributed by atoms with E-state index in [1.807, 2.05) is 0 Å². The molecule has 1 aromatic rings. The second-order valence-corrected chi connectivity index (χ2v) is 2.33. The smallest absolute Gasteiger partial charge is 0.320 e. The van der Waals surface area contributed by atoms with Crippen molar-refractivity contribution >= 4 is 11.8 Å². The van der Waals surface area contributed by atoms with E-state index in [0.29, 0.717) is 18.8 Å². The van der Waals surface area contributed by atoms with Crippen LogP contribution in [0, 0.1) is 0 Å². The Labute approximate surface area is 75.0 Å². The van der Waals surface area contributed by atoms with Crippen LogP contribution in [0.3, 0.4) is 0 Å². The molecule has 1 heterocycles. The van der Waals surface area contributed by atoms with Crippen LogP contribution in [0.1, 0.15) is 6.42 Å². The summed E-state index contributed by atoms with van der Waals surface area (Å²) in [4.78, 5) is 14.7. The van der Waals surface area contributed by atoms with E-state index in [1.165, 1.54) is 12.7 Å². The van der Waals surface area contributed by atoms with Gasteiger partial charge in [-0.2, -0.15) is 4.98 Å². The van der Waals surface area contributed by atoms with Crippen molar-refractivity contribution < 1.29 is 14.3 Å². The summed E-state index contributed by atoms with van der Waals surface area (Å²) in [5, 5.41) is 13.4. The summed E-state index contributed by atoms with van der Waals surface area (Å²) in [5.74, 6) is 0.362. The van der Waals surface area contributed by atoms with Crippen LogP contribution in [0.2, 0.25) is 0 Å². The molecule has 0 spiro atoms. The number of nitrogens with zero attached hydrogens (tertiary/aromatic N) is 1. The van der Waals surface area contributed by atoms with Gasteiger partial charge in [0, 0.05) is 13.2 Å². The molecule has 0 aliphatic carbocycles. The summed E-state index contributed by atoms with van der Waals surface area (Å²) in [6, 6.07) is -0.359. The maximum Gasteiger partial charge on any atom is 0.320 e. The summed E-state index contributed by atoms with van der Waals surface area (Å²) in [5.41, 5.74) is 0. The molecule has 6 nitrogen and oxygen atoms in total. The van der Waals surface area contributed by atoms with E-state index in [4.69, 9.17) is 5.11 Å². The van der Waals surface area contributed by atoms with Crippen LogP contribution in [-0.4, -0.2) is 29.3 Å². The van der Waals surface area contributed by atoms with Crippen molar-refractivity contribution in [1.82, 2.24) is 10.3 Å². The normalized spacial score (nSPS) is 9.62. The summed E-state index contributed by atoms with van der Waals surface area (Å²) in [7, 11) is 0. The minimum atomic E-state index is -0.359. The average molecular weight is 185 g/mol. The van der Waals surface area contributed by atoms with E-state index in [-0.39, 0.29) is 12.6 Å². The van der Waals surface area contributed by atoms with Gasteiger partial charge in [0.2, 0.25) is 0 Å². The fourth-order valence-corrected chi connectivity index (χ4v) is 0.716. The SMILES string of the molecule is O=C(NCCCO)Nc1cocn1. The quantitative estimate of drug-likeness (QED) is 0.584. The maximum atomic E-state index is 11.0. The van der Waals surface area contributed by atoms with Gasteiger partial charge < -0.3 is 14.8 Å². The fraction of sp³-hybridized carbons (Fsp3) is 0.429. The molecule has 0 unspecified atom stereocenters. The van der Waals surface area contributed by atoms with Gasteiger partial charge in [-0.1, -0.05) is 0 Å². The molecule has 6 heteroatoms. The number of nitrogens with one attached hydrogen (secondary N) is 2. The summed E-state index contributed by atoms with van der Waals surface area (Å²) < 4.78 is 4.65. The lowest BCUT2D eigenvalue weighted by Crippen LogP contribution is -2.29. The van der Waals surface area contributed by atoms with Gasteiger partial charge in [0.1, 0.15) is 6.26 Å². The molecule has 72 valence electrons. The Morgan fingerprint density at radius 1 is 1.69 bits per heavy atom. The van der Waals surface area contributed by atoms with Crippen molar-refractivity contribution in [2.24, 2.45) is 0 Å². The number of carbonyl (C=O) groups is 1. The first-order valence-corrected chi connectivity index (χ1v) is 3.87. The molecule has 0 aliphatic heterocycles. The zero-order valence-electron chi connectivity index (χ0n) is 6.99. The average Bonchev–Trinajstić information content (AvgIpc) is 2.57. The molecule has 2 amide bonds. The molecule has 1 aromatic heterocycles. The molecule has 0 saturated carbocycles. The minimum Gasteiger partial charge on any atom is -0.449 e. The monoisotopic (exact) mass is 185 g/mol. The number of carbonyl (C=O) groups excluding carboxylic acids is 1. The third-order valence-corrected chi connectivity index (χ3v) is 1.29.